The van der Waals surface area contributed by atoms with Crippen molar-refractivity contribution >= 4 is 17.7 Å². The monoisotopic (exact) mass is 267 g/mol. The van der Waals surface area contributed by atoms with E-state index in [1.165, 1.54) is 0 Å². The zero-order valence-corrected chi connectivity index (χ0v) is 11.7. The summed E-state index contributed by atoms with van der Waals surface area (Å²) in [5, 5.41) is 3.29. The minimum absolute atomic E-state index is 0.120. The number of ether oxygens (including phenoxy) is 1. The second-order valence-electron chi connectivity index (χ2n) is 3.99. The summed E-state index contributed by atoms with van der Waals surface area (Å²) in [7, 11) is 0. The second kappa shape index (κ2) is 9.97. The summed E-state index contributed by atoms with van der Waals surface area (Å²) in [5.74, 6) is 0.990. The molecule has 0 saturated carbocycles. The van der Waals surface area contributed by atoms with Gasteiger partial charge in [-0.2, -0.15) is 11.8 Å². The molecule has 0 bridgehead atoms. The first-order valence-corrected chi connectivity index (χ1v) is 7.61. The first-order chi connectivity index (χ1) is 8.83. The minimum Gasteiger partial charge on any atom is -0.461 e. The first kappa shape index (κ1) is 15.1. The summed E-state index contributed by atoms with van der Waals surface area (Å²) < 4.78 is 5.18. The number of hydrogen-bond donors (Lipinski definition) is 1. The Kier molecular flexibility index (Phi) is 8.34. The average Bonchev–Trinajstić information content (AvgIpc) is 2.41. The molecular formula is C14H21NO2S. The van der Waals surface area contributed by atoms with Crippen molar-refractivity contribution in [3.05, 3.63) is 35.9 Å². The van der Waals surface area contributed by atoms with Gasteiger partial charge in [0.15, 0.2) is 0 Å². The Bertz CT molecular complexity index is 330. The zero-order valence-electron chi connectivity index (χ0n) is 10.9. The molecule has 0 aliphatic heterocycles. The van der Waals surface area contributed by atoms with E-state index in [9.17, 15) is 4.79 Å². The van der Waals surface area contributed by atoms with Crippen LogP contribution in [0.2, 0.25) is 0 Å². The molecule has 0 radical (unpaired) electrons. The lowest BCUT2D eigenvalue weighted by Gasteiger charge is -2.05. The molecule has 3 nitrogen and oxygen atoms in total. The molecule has 0 heterocycles. The van der Waals surface area contributed by atoms with E-state index >= 15 is 0 Å². The summed E-state index contributed by atoms with van der Waals surface area (Å²) in [6, 6.07) is 9.75. The number of carbonyl (C=O) groups excluding carboxylic acids is 1. The van der Waals surface area contributed by atoms with Crippen molar-refractivity contribution in [2.45, 2.75) is 19.4 Å². The number of hydrogen-bond acceptors (Lipinski definition) is 4. The van der Waals surface area contributed by atoms with E-state index < -0.39 is 0 Å². The molecule has 100 valence electrons. The number of carbonyl (C=O) groups is 1. The lowest BCUT2D eigenvalue weighted by Crippen LogP contribution is -2.19. The van der Waals surface area contributed by atoms with Crippen molar-refractivity contribution in [2.24, 2.45) is 0 Å². The predicted molar refractivity (Wildman–Crippen MR) is 76.7 cm³/mol. The van der Waals surface area contributed by atoms with Crippen LogP contribution in [0.15, 0.2) is 30.3 Å². The van der Waals surface area contributed by atoms with Gasteiger partial charge in [-0.1, -0.05) is 30.3 Å². The van der Waals surface area contributed by atoms with Crippen LogP contribution in [0.4, 0.5) is 0 Å². The minimum atomic E-state index is -0.120. The molecule has 0 atom stereocenters. The van der Waals surface area contributed by atoms with Crippen LogP contribution >= 0.6 is 11.8 Å². The van der Waals surface area contributed by atoms with E-state index in [1.54, 1.807) is 0 Å². The standard InChI is InChI=1S/C14H21NO2S/c1-18-11-10-15-9-5-8-14(16)17-12-13-6-3-2-4-7-13/h2-4,6-7,15H,5,8-12H2,1H3. The van der Waals surface area contributed by atoms with Gasteiger partial charge in [-0.3, -0.25) is 4.79 Å². The van der Waals surface area contributed by atoms with Crippen LogP contribution < -0.4 is 5.32 Å². The zero-order chi connectivity index (χ0) is 13.1. The normalized spacial score (nSPS) is 10.3. The van der Waals surface area contributed by atoms with Crippen molar-refractivity contribution in [1.29, 1.82) is 0 Å². The smallest absolute Gasteiger partial charge is 0.306 e. The third-order valence-electron chi connectivity index (χ3n) is 2.46. The fourth-order valence-electron chi connectivity index (χ4n) is 1.47. The third-order valence-corrected chi connectivity index (χ3v) is 3.07. The molecule has 0 aliphatic rings. The lowest BCUT2D eigenvalue weighted by atomic mass is 10.2. The van der Waals surface area contributed by atoms with Gasteiger partial charge in [0.2, 0.25) is 0 Å². The van der Waals surface area contributed by atoms with E-state index in [0.29, 0.717) is 13.0 Å². The Labute approximate surface area is 113 Å². The van der Waals surface area contributed by atoms with E-state index in [2.05, 4.69) is 11.6 Å². The van der Waals surface area contributed by atoms with E-state index in [-0.39, 0.29) is 5.97 Å². The van der Waals surface area contributed by atoms with Crippen molar-refractivity contribution in [1.82, 2.24) is 5.32 Å². The fourth-order valence-corrected chi connectivity index (χ4v) is 1.82. The maximum absolute atomic E-state index is 11.5. The maximum Gasteiger partial charge on any atom is 0.306 e. The highest BCUT2D eigenvalue weighted by molar-refractivity contribution is 7.98. The highest BCUT2D eigenvalue weighted by Gasteiger charge is 2.02. The van der Waals surface area contributed by atoms with Gasteiger partial charge in [-0.15, -0.1) is 0 Å². The topological polar surface area (TPSA) is 38.3 Å². The van der Waals surface area contributed by atoms with E-state index in [4.69, 9.17) is 4.74 Å². The van der Waals surface area contributed by atoms with Crippen LogP contribution in [0.1, 0.15) is 18.4 Å². The van der Waals surface area contributed by atoms with Crippen LogP contribution in [0.25, 0.3) is 0 Å². The summed E-state index contributed by atoms with van der Waals surface area (Å²) in [4.78, 5) is 11.5. The van der Waals surface area contributed by atoms with Crippen molar-refractivity contribution in [2.75, 3.05) is 25.1 Å². The average molecular weight is 267 g/mol. The fraction of sp³-hybridized carbons (Fsp3) is 0.500. The lowest BCUT2D eigenvalue weighted by molar-refractivity contribution is -0.145. The van der Waals surface area contributed by atoms with E-state index in [1.807, 2.05) is 42.1 Å². The number of rotatable bonds is 9. The molecule has 0 amide bonds. The van der Waals surface area contributed by atoms with Gasteiger partial charge in [-0.25, -0.2) is 0 Å². The number of nitrogens with one attached hydrogen (secondary N) is 1. The Morgan fingerprint density at radius 2 is 2.06 bits per heavy atom. The molecule has 0 aliphatic carbocycles. The summed E-state index contributed by atoms with van der Waals surface area (Å²) >= 11 is 1.82. The maximum atomic E-state index is 11.5. The van der Waals surface area contributed by atoms with Gasteiger partial charge in [0.05, 0.1) is 0 Å². The molecule has 1 rings (SSSR count). The van der Waals surface area contributed by atoms with Crippen molar-refractivity contribution in [3.63, 3.8) is 0 Å². The number of benzene rings is 1. The SMILES string of the molecule is CSCCNCCCC(=O)OCc1ccccc1. The van der Waals surface area contributed by atoms with Crippen LogP contribution in [0.3, 0.4) is 0 Å². The highest BCUT2D eigenvalue weighted by atomic mass is 32.2. The van der Waals surface area contributed by atoms with Crippen LogP contribution in [-0.4, -0.2) is 31.1 Å². The van der Waals surface area contributed by atoms with Crippen LogP contribution in [0.5, 0.6) is 0 Å². The second-order valence-corrected chi connectivity index (χ2v) is 4.98. The molecule has 0 saturated heterocycles. The Hall–Kier alpha value is -1.00. The molecule has 1 N–H and O–H groups in total. The number of esters is 1. The molecule has 0 spiro atoms. The quantitative estimate of drug-likeness (QED) is 0.551. The molecule has 4 heteroatoms. The summed E-state index contributed by atoms with van der Waals surface area (Å²) in [6.07, 6.45) is 3.41. The molecule has 0 fully saturated rings. The molecule has 0 aromatic heterocycles. The molecular weight excluding hydrogens is 246 g/mol. The third kappa shape index (κ3) is 7.35. The molecule has 1 aromatic carbocycles. The van der Waals surface area contributed by atoms with Gasteiger partial charge in [0.25, 0.3) is 0 Å². The van der Waals surface area contributed by atoms with Gasteiger partial charge in [-0.05, 0) is 24.8 Å². The van der Waals surface area contributed by atoms with Gasteiger partial charge >= 0.3 is 5.97 Å². The van der Waals surface area contributed by atoms with E-state index in [0.717, 1.165) is 30.8 Å². The first-order valence-electron chi connectivity index (χ1n) is 6.22. The van der Waals surface area contributed by atoms with Gasteiger partial charge in [0, 0.05) is 18.7 Å². The Morgan fingerprint density at radius 3 is 2.78 bits per heavy atom. The largest absolute Gasteiger partial charge is 0.461 e. The molecule has 18 heavy (non-hydrogen) atoms. The van der Waals surface area contributed by atoms with Crippen molar-refractivity contribution in [3.8, 4) is 0 Å². The highest BCUT2D eigenvalue weighted by Crippen LogP contribution is 2.02. The van der Waals surface area contributed by atoms with Crippen molar-refractivity contribution < 1.29 is 9.53 Å². The van der Waals surface area contributed by atoms with Crippen LogP contribution in [0, 0.1) is 0 Å². The number of thioether (sulfide) groups is 1. The predicted octanol–water partition coefficient (Wildman–Crippen LogP) is 2.46. The molecule has 0 unspecified atom stereocenters. The Balaban J connectivity index is 2.01. The van der Waals surface area contributed by atoms with Crippen LogP contribution in [-0.2, 0) is 16.1 Å². The summed E-state index contributed by atoms with van der Waals surface area (Å²) in [5.41, 5.74) is 1.03. The van der Waals surface area contributed by atoms with Gasteiger partial charge < -0.3 is 10.1 Å². The molecule has 1 aromatic rings. The Morgan fingerprint density at radius 1 is 1.28 bits per heavy atom. The summed E-state index contributed by atoms with van der Waals surface area (Å²) in [6.45, 7) is 2.25. The van der Waals surface area contributed by atoms with Gasteiger partial charge in [0.1, 0.15) is 6.61 Å².